The van der Waals surface area contributed by atoms with Crippen molar-refractivity contribution in [2.45, 2.75) is 39.3 Å². The van der Waals surface area contributed by atoms with Gasteiger partial charge in [-0.2, -0.15) is 0 Å². The van der Waals surface area contributed by atoms with Gasteiger partial charge in [-0.25, -0.2) is 0 Å². The third-order valence-electron chi connectivity index (χ3n) is 4.10. The number of anilines is 1. The van der Waals surface area contributed by atoms with Crippen LogP contribution in [0, 0.1) is 5.92 Å². The van der Waals surface area contributed by atoms with Gasteiger partial charge in [-0.15, -0.1) is 0 Å². The summed E-state index contributed by atoms with van der Waals surface area (Å²) in [5, 5.41) is 4.07. The van der Waals surface area contributed by atoms with Crippen LogP contribution >= 0.6 is 11.6 Å². The Balaban J connectivity index is 2.32. The molecule has 0 bridgehead atoms. The Hall–Kier alpha value is -0.730. The molecule has 1 aromatic carbocycles. The summed E-state index contributed by atoms with van der Waals surface area (Å²) >= 11 is 6.17. The first-order valence-electron chi connectivity index (χ1n) is 6.83. The molecule has 2 atom stereocenters. The van der Waals surface area contributed by atoms with Gasteiger partial charge in [0.2, 0.25) is 0 Å². The average Bonchev–Trinajstić information content (AvgIpc) is 2.35. The van der Waals surface area contributed by atoms with Gasteiger partial charge in [-0.1, -0.05) is 24.6 Å². The maximum absolute atomic E-state index is 6.17. The van der Waals surface area contributed by atoms with Crippen LogP contribution in [-0.4, -0.2) is 19.6 Å². The van der Waals surface area contributed by atoms with Crippen molar-refractivity contribution in [2.24, 2.45) is 5.92 Å². The lowest BCUT2D eigenvalue weighted by Gasteiger charge is -2.40. The third kappa shape index (κ3) is 2.81. The van der Waals surface area contributed by atoms with Crippen molar-refractivity contribution in [3.63, 3.8) is 0 Å². The first kappa shape index (κ1) is 13.7. The van der Waals surface area contributed by atoms with Gasteiger partial charge in [0.1, 0.15) is 0 Å². The van der Waals surface area contributed by atoms with Gasteiger partial charge in [-0.3, -0.25) is 0 Å². The van der Waals surface area contributed by atoms with E-state index in [1.807, 2.05) is 13.1 Å². The Labute approximate surface area is 115 Å². The number of nitrogens with zero attached hydrogens (tertiary/aromatic N) is 1. The maximum Gasteiger partial charge on any atom is 0.0429 e. The third-order valence-corrected chi connectivity index (χ3v) is 4.33. The second-order valence-corrected chi connectivity index (χ2v) is 5.79. The Morgan fingerprint density at radius 3 is 2.89 bits per heavy atom. The molecular formula is C15H23ClN2. The summed E-state index contributed by atoms with van der Waals surface area (Å²) in [6, 6.07) is 6.83. The fourth-order valence-electron chi connectivity index (χ4n) is 2.82. The van der Waals surface area contributed by atoms with Gasteiger partial charge in [-0.05, 0) is 50.4 Å². The molecule has 1 aliphatic heterocycles. The highest BCUT2D eigenvalue weighted by Gasteiger charge is 2.26. The van der Waals surface area contributed by atoms with E-state index in [0.717, 1.165) is 24.0 Å². The van der Waals surface area contributed by atoms with Crippen LogP contribution in [0.1, 0.15) is 32.3 Å². The number of nitrogens with one attached hydrogen (secondary N) is 1. The number of piperidine rings is 1. The molecule has 2 unspecified atom stereocenters. The Morgan fingerprint density at radius 2 is 2.17 bits per heavy atom. The van der Waals surface area contributed by atoms with E-state index >= 15 is 0 Å². The predicted octanol–water partition coefficient (Wildman–Crippen LogP) is 3.68. The van der Waals surface area contributed by atoms with Gasteiger partial charge >= 0.3 is 0 Å². The molecular weight excluding hydrogens is 244 g/mol. The van der Waals surface area contributed by atoms with E-state index in [9.17, 15) is 0 Å². The van der Waals surface area contributed by atoms with Gasteiger partial charge in [0, 0.05) is 29.8 Å². The molecule has 1 N–H and O–H groups in total. The number of hydrogen-bond donors (Lipinski definition) is 1. The molecule has 1 saturated heterocycles. The molecule has 0 spiro atoms. The summed E-state index contributed by atoms with van der Waals surface area (Å²) in [4.78, 5) is 2.52. The summed E-state index contributed by atoms with van der Waals surface area (Å²) in [6.07, 6.45) is 2.61. The molecule has 1 fully saturated rings. The number of benzene rings is 1. The van der Waals surface area contributed by atoms with Crippen LogP contribution in [0.25, 0.3) is 0 Å². The molecule has 0 amide bonds. The van der Waals surface area contributed by atoms with Crippen LogP contribution in [0.2, 0.25) is 5.02 Å². The van der Waals surface area contributed by atoms with Gasteiger partial charge in [0.15, 0.2) is 0 Å². The largest absolute Gasteiger partial charge is 0.368 e. The van der Waals surface area contributed by atoms with Crippen LogP contribution in [0.15, 0.2) is 18.2 Å². The first-order chi connectivity index (χ1) is 8.63. The summed E-state index contributed by atoms with van der Waals surface area (Å²) in [5.41, 5.74) is 2.64. The summed E-state index contributed by atoms with van der Waals surface area (Å²) in [6.45, 7) is 6.71. The quantitative estimate of drug-likeness (QED) is 0.898. The highest BCUT2D eigenvalue weighted by Crippen LogP contribution is 2.32. The fourth-order valence-corrected chi connectivity index (χ4v) is 2.99. The van der Waals surface area contributed by atoms with Crippen LogP contribution in [0.3, 0.4) is 0 Å². The molecule has 1 aliphatic rings. The van der Waals surface area contributed by atoms with Crippen molar-refractivity contribution >= 4 is 17.3 Å². The van der Waals surface area contributed by atoms with Gasteiger partial charge in [0.25, 0.3) is 0 Å². The lowest BCUT2D eigenvalue weighted by molar-refractivity contribution is 0.363. The SMILES string of the molecule is CNCc1ccc(Cl)cc1N1CCCC(C)C1C. The molecule has 3 heteroatoms. The molecule has 0 aliphatic carbocycles. The van der Waals surface area contributed by atoms with E-state index < -0.39 is 0 Å². The van der Waals surface area contributed by atoms with E-state index in [1.165, 1.54) is 24.1 Å². The summed E-state index contributed by atoms with van der Waals surface area (Å²) in [7, 11) is 1.99. The van der Waals surface area contributed by atoms with E-state index in [-0.39, 0.29) is 0 Å². The second-order valence-electron chi connectivity index (χ2n) is 5.36. The van der Waals surface area contributed by atoms with E-state index in [4.69, 9.17) is 11.6 Å². The molecule has 1 heterocycles. The highest BCUT2D eigenvalue weighted by molar-refractivity contribution is 6.30. The zero-order valence-electron chi connectivity index (χ0n) is 11.5. The molecule has 0 radical (unpaired) electrons. The van der Waals surface area contributed by atoms with Crippen molar-refractivity contribution in [2.75, 3.05) is 18.5 Å². The minimum atomic E-state index is 0.591. The van der Waals surface area contributed by atoms with Crippen molar-refractivity contribution < 1.29 is 0 Å². The Morgan fingerprint density at radius 1 is 1.39 bits per heavy atom. The monoisotopic (exact) mass is 266 g/mol. The molecule has 1 aromatic rings. The van der Waals surface area contributed by atoms with Crippen LogP contribution < -0.4 is 10.2 Å². The molecule has 0 saturated carbocycles. The fraction of sp³-hybridized carbons (Fsp3) is 0.600. The average molecular weight is 267 g/mol. The van der Waals surface area contributed by atoms with Crippen LogP contribution in [0.4, 0.5) is 5.69 Å². The zero-order valence-corrected chi connectivity index (χ0v) is 12.3. The Kier molecular flexibility index (Phi) is 4.52. The van der Waals surface area contributed by atoms with Gasteiger partial charge < -0.3 is 10.2 Å². The molecule has 2 nitrogen and oxygen atoms in total. The normalized spacial score (nSPS) is 24.3. The van der Waals surface area contributed by atoms with Crippen molar-refractivity contribution in [3.8, 4) is 0 Å². The highest BCUT2D eigenvalue weighted by atomic mass is 35.5. The standard InChI is InChI=1S/C15H23ClN2/c1-11-5-4-8-18(12(11)2)15-9-14(16)7-6-13(15)10-17-3/h6-7,9,11-12,17H,4-5,8,10H2,1-3H3. The molecule has 0 aromatic heterocycles. The van der Waals surface area contributed by atoms with Crippen molar-refractivity contribution in [1.29, 1.82) is 0 Å². The minimum Gasteiger partial charge on any atom is -0.368 e. The molecule has 100 valence electrons. The smallest absolute Gasteiger partial charge is 0.0429 e. The molecule has 18 heavy (non-hydrogen) atoms. The van der Waals surface area contributed by atoms with Gasteiger partial charge in [0.05, 0.1) is 0 Å². The predicted molar refractivity (Wildman–Crippen MR) is 79.4 cm³/mol. The van der Waals surface area contributed by atoms with E-state index in [1.54, 1.807) is 0 Å². The van der Waals surface area contributed by atoms with E-state index in [0.29, 0.717) is 6.04 Å². The van der Waals surface area contributed by atoms with E-state index in [2.05, 4.69) is 36.2 Å². The summed E-state index contributed by atoms with van der Waals surface area (Å²) in [5.74, 6) is 0.750. The number of halogens is 1. The lowest BCUT2D eigenvalue weighted by Crippen LogP contribution is -2.43. The van der Waals surface area contributed by atoms with Crippen LogP contribution in [-0.2, 0) is 6.54 Å². The topological polar surface area (TPSA) is 15.3 Å². The lowest BCUT2D eigenvalue weighted by atomic mass is 9.91. The van der Waals surface area contributed by atoms with Crippen molar-refractivity contribution in [3.05, 3.63) is 28.8 Å². The zero-order chi connectivity index (χ0) is 13.1. The Bertz CT molecular complexity index is 405. The second kappa shape index (κ2) is 5.94. The van der Waals surface area contributed by atoms with Crippen LogP contribution in [0.5, 0.6) is 0 Å². The minimum absolute atomic E-state index is 0.591. The maximum atomic E-state index is 6.17. The number of rotatable bonds is 3. The van der Waals surface area contributed by atoms with Crippen molar-refractivity contribution in [1.82, 2.24) is 5.32 Å². The summed E-state index contributed by atoms with van der Waals surface area (Å²) < 4.78 is 0. The first-order valence-corrected chi connectivity index (χ1v) is 7.21. The molecule has 2 rings (SSSR count). The number of hydrogen-bond acceptors (Lipinski definition) is 2.